The van der Waals surface area contributed by atoms with Crippen molar-refractivity contribution in [2.75, 3.05) is 27.8 Å². The third-order valence-electron chi connectivity index (χ3n) is 4.43. The van der Waals surface area contributed by atoms with Crippen molar-refractivity contribution in [1.29, 1.82) is 0 Å². The number of nitrogens with zero attached hydrogens (tertiary/aromatic N) is 1. The van der Waals surface area contributed by atoms with Crippen LogP contribution in [0.4, 0.5) is 4.39 Å². The average Bonchev–Trinajstić information content (AvgIpc) is 2.68. The molecule has 2 rings (SSSR count). The summed E-state index contributed by atoms with van der Waals surface area (Å²) in [5.41, 5.74) is 2.65. The number of hydrogen-bond acceptors (Lipinski definition) is 3. The van der Waals surface area contributed by atoms with E-state index in [0.29, 0.717) is 29.6 Å². The summed E-state index contributed by atoms with van der Waals surface area (Å²) in [7, 11) is 4.96. The van der Waals surface area contributed by atoms with Crippen LogP contribution in [0.1, 0.15) is 29.7 Å². The third-order valence-corrected chi connectivity index (χ3v) is 4.43. The molecule has 2 aromatic rings. The van der Waals surface area contributed by atoms with Gasteiger partial charge in [-0.15, -0.1) is 24.0 Å². The Balaban J connectivity index is 0.00000392. The number of halogens is 2. The van der Waals surface area contributed by atoms with Gasteiger partial charge in [0.25, 0.3) is 0 Å². The topological polar surface area (TPSA) is 54.9 Å². The Morgan fingerprint density at radius 3 is 2.43 bits per heavy atom. The fourth-order valence-corrected chi connectivity index (χ4v) is 2.72. The van der Waals surface area contributed by atoms with Crippen molar-refractivity contribution in [1.82, 2.24) is 10.6 Å². The van der Waals surface area contributed by atoms with Crippen molar-refractivity contribution in [3.05, 3.63) is 58.9 Å². The molecular weight excluding hydrogens is 472 g/mol. The maximum atomic E-state index is 13.8. The van der Waals surface area contributed by atoms with E-state index in [2.05, 4.69) is 15.6 Å². The van der Waals surface area contributed by atoms with Crippen LogP contribution in [0.2, 0.25) is 0 Å². The minimum atomic E-state index is -0.197. The van der Waals surface area contributed by atoms with Gasteiger partial charge in [0, 0.05) is 13.6 Å². The summed E-state index contributed by atoms with van der Waals surface area (Å²) in [5.74, 6) is 1.90. The first-order valence-electron chi connectivity index (χ1n) is 8.92. The molecule has 1 unspecified atom stereocenters. The SMILES string of the molecule is CN=C(NCCc1ccc(OC)c(OC)c1)NC(C)c1ccc(C)c(F)c1.I. The molecule has 0 amide bonds. The van der Waals surface area contributed by atoms with Gasteiger partial charge < -0.3 is 20.1 Å². The van der Waals surface area contributed by atoms with Crippen molar-refractivity contribution < 1.29 is 13.9 Å². The summed E-state index contributed by atoms with van der Waals surface area (Å²) in [5, 5.41) is 6.57. The summed E-state index contributed by atoms with van der Waals surface area (Å²) in [6.45, 7) is 4.43. The van der Waals surface area contributed by atoms with Crippen LogP contribution in [0.5, 0.6) is 11.5 Å². The van der Waals surface area contributed by atoms with Crippen LogP contribution in [-0.4, -0.2) is 33.8 Å². The van der Waals surface area contributed by atoms with Crippen LogP contribution in [0.15, 0.2) is 41.4 Å². The molecule has 154 valence electrons. The number of methoxy groups -OCH3 is 2. The summed E-state index contributed by atoms with van der Waals surface area (Å²) >= 11 is 0. The molecule has 7 heteroatoms. The molecule has 0 aliphatic carbocycles. The number of hydrogen-bond donors (Lipinski definition) is 2. The molecule has 0 radical (unpaired) electrons. The van der Waals surface area contributed by atoms with Crippen molar-refractivity contribution in [3.8, 4) is 11.5 Å². The quantitative estimate of drug-likeness (QED) is 0.339. The number of guanidine groups is 1. The second kappa shape index (κ2) is 11.7. The van der Waals surface area contributed by atoms with Gasteiger partial charge in [-0.1, -0.05) is 18.2 Å². The van der Waals surface area contributed by atoms with E-state index in [1.54, 1.807) is 40.3 Å². The van der Waals surface area contributed by atoms with E-state index in [1.165, 1.54) is 0 Å². The summed E-state index contributed by atoms with van der Waals surface area (Å²) in [6, 6.07) is 11.1. The maximum absolute atomic E-state index is 13.8. The Bertz CT molecular complexity index is 799. The molecule has 2 N–H and O–H groups in total. The van der Waals surface area contributed by atoms with E-state index in [4.69, 9.17) is 9.47 Å². The minimum absolute atomic E-state index is 0. The predicted octanol–water partition coefficient (Wildman–Crippen LogP) is 4.24. The van der Waals surface area contributed by atoms with Crippen LogP contribution in [0.3, 0.4) is 0 Å². The molecule has 0 bridgehead atoms. The Morgan fingerprint density at radius 2 is 1.82 bits per heavy atom. The van der Waals surface area contributed by atoms with Crippen LogP contribution < -0.4 is 20.1 Å². The van der Waals surface area contributed by atoms with Crippen LogP contribution in [0.25, 0.3) is 0 Å². The highest BCUT2D eigenvalue weighted by molar-refractivity contribution is 14.0. The first-order valence-corrected chi connectivity index (χ1v) is 8.92. The molecule has 28 heavy (non-hydrogen) atoms. The molecule has 0 aliphatic heterocycles. The number of rotatable bonds is 7. The molecule has 0 aromatic heterocycles. The highest BCUT2D eigenvalue weighted by Crippen LogP contribution is 2.27. The van der Waals surface area contributed by atoms with Crippen LogP contribution >= 0.6 is 24.0 Å². The predicted molar refractivity (Wildman–Crippen MR) is 123 cm³/mol. The second-order valence-electron chi connectivity index (χ2n) is 6.31. The number of benzene rings is 2. The normalized spacial score (nSPS) is 12.0. The fraction of sp³-hybridized carbons (Fsp3) is 0.381. The van der Waals surface area contributed by atoms with Crippen molar-refractivity contribution in [2.45, 2.75) is 26.3 Å². The van der Waals surface area contributed by atoms with Gasteiger partial charge in [-0.05, 0) is 55.2 Å². The monoisotopic (exact) mass is 501 g/mol. The van der Waals surface area contributed by atoms with Gasteiger partial charge in [0.15, 0.2) is 17.5 Å². The van der Waals surface area contributed by atoms with E-state index >= 15 is 0 Å². The minimum Gasteiger partial charge on any atom is -0.493 e. The molecule has 1 atom stereocenters. The summed E-state index contributed by atoms with van der Waals surface area (Å²) in [6.07, 6.45) is 0.800. The molecule has 0 heterocycles. The maximum Gasteiger partial charge on any atom is 0.191 e. The van der Waals surface area contributed by atoms with Gasteiger partial charge in [-0.2, -0.15) is 0 Å². The van der Waals surface area contributed by atoms with E-state index < -0.39 is 0 Å². The average molecular weight is 501 g/mol. The largest absolute Gasteiger partial charge is 0.493 e. The Morgan fingerprint density at radius 1 is 1.11 bits per heavy atom. The zero-order valence-corrected chi connectivity index (χ0v) is 19.3. The molecular formula is C21H29FIN3O2. The zero-order valence-electron chi connectivity index (χ0n) is 17.0. The van der Waals surface area contributed by atoms with Gasteiger partial charge in [0.2, 0.25) is 0 Å². The summed E-state index contributed by atoms with van der Waals surface area (Å²) < 4.78 is 24.4. The number of aliphatic imine (C=N–C) groups is 1. The van der Waals surface area contributed by atoms with Crippen LogP contribution in [-0.2, 0) is 6.42 Å². The van der Waals surface area contributed by atoms with Gasteiger partial charge in [-0.25, -0.2) is 4.39 Å². The molecule has 2 aromatic carbocycles. The summed E-state index contributed by atoms with van der Waals surface area (Å²) in [4.78, 5) is 4.24. The lowest BCUT2D eigenvalue weighted by Crippen LogP contribution is -2.39. The third kappa shape index (κ3) is 6.54. The first kappa shape index (κ1) is 24.0. The van der Waals surface area contributed by atoms with E-state index in [-0.39, 0.29) is 35.8 Å². The number of ether oxygens (including phenoxy) is 2. The van der Waals surface area contributed by atoms with Gasteiger partial charge in [0.1, 0.15) is 5.82 Å². The Hall–Kier alpha value is -2.03. The van der Waals surface area contributed by atoms with Gasteiger partial charge >= 0.3 is 0 Å². The lowest BCUT2D eigenvalue weighted by Gasteiger charge is -2.19. The highest BCUT2D eigenvalue weighted by Gasteiger charge is 2.10. The van der Waals surface area contributed by atoms with Gasteiger partial charge in [-0.3, -0.25) is 4.99 Å². The molecule has 0 saturated heterocycles. The highest BCUT2D eigenvalue weighted by atomic mass is 127. The zero-order chi connectivity index (χ0) is 19.8. The Kier molecular flexibility index (Phi) is 10.1. The smallest absolute Gasteiger partial charge is 0.191 e. The van der Waals surface area contributed by atoms with E-state index in [1.807, 2.05) is 31.2 Å². The molecule has 0 aliphatic rings. The lowest BCUT2D eigenvalue weighted by atomic mass is 10.1. The second-order valence-corrected chi connectivity index (χ2v) is 6.31. The van der Waals surface area contributed by atoms with Crippen molar-refractivity contribution in [2.24, 2.45) is 4.99 Å². The lowest BCUT2D eigenvalue weighted by molar-refractivity contribution is 0.354. The first-order chi connectivity index (χ1) is 13.0. The number of aryl methyl sites for hydroxylation is 1. The van der Waals surface area contributed by atoms with E-state index in [9.17, 15) is 4.39 Å². The molecule has 0 fully saturated rings. The van der Waals surface area contributed by atoms with Crippen molar-refractivity contribution in [3.63, 3.8) is 0 Å². The standard InChI is InChI=1S/C21H28FN3O2.HI/c1-14-6-8-17(13-18(14)22)15(2)25-21(23-3)24-11-10-16-7-9-19(26-4)20(12-16)27-5;/h6-9,12-13,15H,10-11H2,1-5H3,(H2,23,24,25);1H. The molecule has 0 spiro atoms. The molecule has 0 saturated carbocycles. The molecule has 5 nitrogen and oxygen atoms in total. The van der Waals surface area contributed by atoms with Crippen LogP contribution in [0, 0.1) is 12.7 Å². The number of nitrogens with one attached hydrogen (secondary N) is 2. The fourth-order valence-electron chi connectivity index (χ4n) is 2.72. The van der Waals surface area contributed by atoms with Gasteiger partial charge in [0.05, 0.1) is 20.3 Å². The van der Waals surface area contributed by atoms with E-state index in [0.717, 1.165) is 17.5 Å². The Labute approximate surface area is 183 Å². The van der Waals surface area contributed by atoms with Crippen molar-refractivity contribution >= 4 is 29.9 Å².